The number of thiazole rings is 1. The van der Waals surface area contributed by atoms with Crippen LogP contribution in [0.25, 0.3) is 0 Å². The Balaban J connectivity index is 3.05. The van der Waals surface area contributed by atoms with Gasteiger partial charge in [0.15, 0.2) is 5.01 Å². The highest BCUT2D eigenvalue weighted by Gasteiger charge is 2.64. The fourth-order valence-corrected chi connectivity index (χ4v) is 1.84. The monoisotopic (exact) mass is 309 g/mol. The Morgan fingerprint density at radius 1 is 1.33 bits per heavy atom. The van der Waals surface area contributed by atoms with Gasteiger partial charge in [0.25, 0.3) is 5.78 Å². The zero-order valence-electron chi connectivity index (χ0n) is 6.61. The van der Waals surface area contributed by atoms with Gasteiger partial charge in [-0.15, -0.1) is 11.3 Å². The third kappa shape index (κ3) is 2.33. The summed E-state index contributed by atoms with van der Waals surface area (Å²) in [5, 5.41) is 0.254. The smallest absolute Gasteiger partial charge is 0.284 e. The van der Waals surface area contributed by atoms with Crippen molar-refractivity contribution in [3.63, 3.8) is 0 Å². The molecule has 0 fully saturated rings. The molecular weight excluding hydrogens is 309 g/mol. The van der Waals surface area contributed by atoms with Crippen LogP contribution in [-0.2, 0) is 0 Å². The van der Waals surface area contributed by atoms with Gasteiger partial charge in [-0.25, -0.2) is 4.98 Å². The van der Waals surface area contributed by atoms with E-state index in [-0.39, 0.29) is 4.60 Å². The van der Waals surface area contributed by atoms with Crippen molar-refractivity contribution in [2.75, 3.05) is 0 Å². The number of hydrogen-bond acceptors (Lipinski definition) is 3. The first-order valence-electron chi connectivity index (χ1n) is 3.26. The second-order valence-electron chi connectivity index (χ2n) is 2.38. The molecule has 0 bridgehead atoms. The van der Waals surface area contributed by atoms with Crippen LogP contribution in [0.5, 0.6) is 0 Å². The molecule has 0 radical (unpaired) electrons. The van der Waals surface area contributed by atoms with E-state index < -0.39 is 22.9 Å². The number of aromatic nitrogens is 1. The molecule has 0 amide bonds. The molecule has 1 heterocycles. The molecule has 0 atom stereocenters. The number of nitrogens with zero attached hydrogens (tertiary/aromatic N) is 1. The molecule has 0 unspecified atom stereocenters. The number of Topliss-reactive ketones (excluding diaryl/α,β-unsaturated/α-hetero) is 1. The minimum atomic E-state index is -5.90. The molecular formula is C6HBrF5NOS. The number of carbonyl (C=O) groups excluding carboxylic acids is 1. The van der Waals surface area contributed by atoms with E-state index in [0.29, 0.717) is 11.3 Å². The molecule has 9 heteroatoms. The van der Waals surface area contributed by atoms with Crippen molar-refractivity contribution in [1.29, 1.82) is 0 Å². The van der Waals surface area contributed by atoms with E-state index in [4.69, 9.17) is 0 Å². The lowest BCUT2D eigenvalue weighted by Crippen LogP contribution is -2.44. The molecule has 84 valence electrons. The molecule has 0 aliphatic rings. The Labute approximate surface area is 92.2 Å². The Bertz CT molecular complexity index is 387. The summed E-state index contributed by atoms with van der Waals surface area (Å²) in [5.41, 5.74) is 0. The van der Waals surface area contributed by atoms with Crippen LogP contribution in [0.3, 0.4) is 0 Å². The molecule has 0 saturated heterocycles. The number of halogens is 6. The molecule has 2 nitrogen and oxygen atoms in total. The maximum atomic E-state index is 12.5. The van der Waals surface area contributed by atoms with Crippen LogP contribution in [0, 0.1) is 0 Å². The average molecular weight is 310 g/mol. The fraction of sp³-hybridized carbons (Fsp3) is 0.333. The molecule has 0 aliphatic heterocycles. The molecule has 1 aromatic heterocycles. The van der Waals surface area contributed by atoms with Gasteiger partial charge < -0.3 is 0 Å². The van der Waals surface area contributed by atoms with E-state index in [1.165, 1.54) is 0 Å². The van der Waals surface area contributed by atoms with Gasteiger partial charge in [0.05, 0.1) is 0 Å². The SMILES string of the molecule is O=C(c1nc(Br)cs1)C(F)(F)C(F)(F)F. The molecule has 15 heavy (non-hydrogen) atoms. The number of alkyl halides is 5. The highest BCUT2D eigenvalue weighted by atomic mass is 79.9. The summed E-state index contributed by atoms with van der Waals surface area (Å²) in [5.74, 6) is -7.74. The Hall–Kier alpha value is -0.570. The maximum absolute atomic E-state index is 12.5. The zero-order valence-corrected chi connectivity index (χ0v) is 9.01. The number of hydrogen-bond donors (Lipinski definition) is 0. The van der Waals surface area contributed by atoms with Crippen LogP contribution >= 0.6 is 27.3 Å². The van der Waals surface area contributed by atoms with Crippen molar-refractivity contribution in [3.8, 4) is 0 Å². The Morgan fingerprint density at radius 3 is 2.20 bits per heavy atom. The van der Waals surface area contributed by atoms with E-state index in [1.54, 1.807) is 0 Å². The van der Waals surface area contributed by atoms with E-state index in [0.717, 1.165) is 5.38 Å². The summed E-state index contributed by atoms with van der Waals surface area (Å²) >= 11 is 3.15. The van der Waals surface area contributed by atoms with Crippen molar-refractivity contribution in [2.45, 2.75) is 12.1 Å². The van der Waals surface area contributed by atoms with Crippen molar-refractivity contribution in [3.05, 3.63) is 15.0 Å². The normalized spacial score (nSPS) is 12.9. The first kappa shape index (κ1) is 12.5. The standard InChI is InChI=1S/C6HBrF5NOS/c7-2-1-15-4(13-2)3(14)5(8,9)6(10,11)12/h1H. The van der Waals surface area contributed by atoms with Crippen LogP contribution < -0.4 is 0 Å². The van der Waals surface area contributed by atoms with E-state index in [1.807, 2.05) is 0 Å². The Kier molecular flexibility index (Phi) is 3.15. The maximum Gasteiger partial charge on any atom is 0.461 e. The third-order valence-electron chi connectivity index (χ3n) is 1.31. The van der Waals surface area contributed by atoms with Gasteiger partial charge in [-0.1, -0.05) is 0 Å². The largest absolute Gasteiger partial charge is 0.461 e. The van der Waals surface area contributed by atoms with Crippen LogP contribution in [0.15, 0.2) is 9.98 Å². The van der Waals surface area contributed by atoms with Crippen LogP contribution in [0.1, 0.15) is 9.80 Å². The average Bonchev–Trinajstić information content (AvgIpc) is 2.48. The topological polar surface area (TPSA) is 30.0 Å². The van der Waals surface area contributed by atoms with Crippen molar-refractivity contribution in [1.82, 2.24) is 4.98 Å². The zero-order chi connectivity index (χ0) is 11.9. The van der Waals surface area contributed by atoms with Gasteiger partial charge >= 0.3 is 12.1 Å². The quantitative estimate of drug-likeness (QED) is 0.620. The fourth-order valence-electron chi connectivity index (χ4n) is 0.621. The first-order valence-corrected chi connectivity index (χ1v) is 4.94. The van der Waals surface area contributed by atoms with Gasteiger partial charge in [0.1, 0.15) is 4.60 Å². The highest BCUT2D eigenvalue weighted by molar-refractivity contribution is 9.10. The summed E-state index contributed by atoms with van der Waals surface area (Å²) in [7, 11) is 0. The lowest BCUT2D eigenvalue weighted by molar-refractivity contribution is -0.255. The van der Waals surface area contributed by atoms with Crippen molar-refractivity contribution < 1.29 is 26.7 Å². The summed E-state index contributed by atoms with van der Waals surface area (Å²) in [6, 6.07) is 0. The molecule has 0 spiro atoms. The summed E-state index contributed by atoms with van der Waals surface area (Å²) in [6.45, 7) is 0. The third-order valence-corrected chi connectivity index (χ3v) is 2.86. The molecule has 0 saturated carbocycles. The van der Waals surface area contributed by atoms with Gasteiger partial charge in [0.2, 0.25) is 0 Å². The van der Waals surface area contributed by atoms with Gasteiger partial charge in [-0.2, -0.15) is 22.0 Å². The molecule has 0 N–H and O–H groups in total. The number of rotatable bonds is 2. The van der Waals surface area contributed by atoms with Crippen LogP contribution in [0.2, 0.25) is 0 Å². The van der Waals surface area contributed by atoms with E-state index >= 15 is 0 Å². The summed E-state index contributed by atoms with van der Waals surface area (Å²) in [6.07, 6.45) is -5.90. The van der Waals surface area contributed by atoms with E-state index in [2.05, 4.69) is 20.9 Å². The van der Waals surface area contributed by atoms with Crippen LogP contribution in [0.4, 0.5) is 22.0 Å². The molecule has 0 aliphatic carbocycles. The lowest BCUT2D eigenvalue weighted by atomic mass is 10.2. The van der Waals surface area contributed by atoms with Gasteiger partial charge in [-0.05, 0) is 15.9 Å². The van der Waals surface area contributed by atoms with Gasteiger partial charge in [-0.3, -0.25) is 4.79 Å². The number of ketones is 1. The second-order valence-corrected chi connectivity index (χ2v) is 4.05. The van der Waals surface area contributed by atoms with E-state index in [9.17, 15) is 26.7 Å². The number of carbonyl (C=O) groups is 1. The molecule has 0 aromatic carbocycles. The molecule has 1 rings (SSSR count). The predicted molar refractivity (Wildman–Crippen MR) is 45.1 cm³/mol. The lowest BCUT2D eigenvalue weighted by Gasteiger charge is -2.16. The van der Waals surface area contributed by atoms with Crippen molar-refractivity contribution >= 4 is 33.0 Å². The minimum Gasteiger partial charge on any atom is -0.284 e. The summed E-state index contributed by atoms with van der Waals surface area (Å²) < 4.78 is 60.3. The first-order chi connectivity index (χ1) is 6.66. The predicted octanol–water partition coefficient (Wildman–Crippen LogP) is 3.29. The van der Waals surface area contributed by atoms with Gasteiger partial charge in [0, 0.05) is 5.38 Å². The Morgan fingerprint density at radius 2 is 1.87 bits per heavy atom. The highest BCUT2D eigenvalue weighted by Crippen LogP contribution is 2.38. The van der Waals surface area contributed by atoms with Crippen LogP contribution in [-0.4, -0.2) is 22.9 Å². The molecule has 1 aromatic rings. The van der Waals surface area contributed by atoms with Crippen molar-refractivity contribution in [2.24, 2.45) is 0 Å². The minimum absolute atomic E-state index is 0.0359. The second kappa shape index (κ2) is 3.78. The summed E-state index contributed by atoms with van der Waals surface area (Å²) in [4.78, 5) is 14.0.